The van der Waals surface area contributed by atoms with E-state index in [9.17, 15) is 9.59 Å². The number of fused-ring (bicyclic) bond motifs is 1. The monoisotopic (exact) mass is 205 g/mol. The molecule has 0 spiro atoms. The van der Waals surface area contributed by atoms with E-state index in [0.717, 1.165) is 5.56 Å². The zero-order chi connectivity index (χ0) is 11.2. The van der Waals surface area contributed by atoms with Crippen molar-refractivity contribution < 1.29 is 14.7 Å². The van der Waals surface area contributed by atoms with Crippen molar-refractivity contribution in [2.24, 2.45) is 0 Å². The Morgan fingerprint density at radius 3 is 2.67 bits per heavy atom. The van der Waals surface area contributed by atoms with E-state index in [2.05, 4.69) is 5.32 Å². The number of rotatable bonds is 1. The topological polar surface area (TPSA) is 66.4 Å². The third-order valence-electron chi connectivity index (χ3n) is 2.76. The second-order valence-corrected chi connectivity index (χ2v) is 4.14. The molecule has 0 radical (unpaired) electrons. The predicted octanol–water partition coefficient (Wildman–Crippen LogP) is 1.61. The van der Waals surface area contributed by atoms with Crippen LogP contribution in [0.1, 0.15) is 29.8 Å². The Morgan fingerprint density at radius 2 is 2.07 bits per heavy atom. The Labute approximate surface area is 86.9 Å². The quantitative estimate of drug-likeness (QED) is 0.732. The number of carbonyl (C=O) groups excluding carboxylic acids is 1. The summed E-state index contributed by atoms with van der Waals surface area (Å²) in [6.45, 7) is 3.56. The van der Waals surface area contributed by atoms with E-state index in [4.69, 9.17) is 5.11 Å². The molecule has 0 unspecified atom stereocenters. The molecule has 0 aliphatic carbocycles. The number of carboxylic acid groups (broad SMARTS) is 1. The van der Waals surface area contributed by atoms with E-state index in [1.807, 2.05) is 0 Å². The van der Waals surface area contributed by atoms with Gasteiger partial charge in [-0.05, 0) is 37.6 Å². The van der Waals surface area contributed by atoms with Gasteiger partial charge in [0.1, 0.15) is 0 Å². The van der Waals surface area contributed by atoms with E-state index in [0.29, 0.717) is 5.69 Å². The van der Waals surface area contributed by atoms with Gasteiger partial charge in [-0.25, -0.2) is 4.79 Å². The van der Waals surface area contributed by atoms with Gasteiger partial charge in [0, 0.05) is 5.69 Å². The molecule has 0 saturated carbocycles. The molecule has 2 rings (SSSR count). The lowest BCUT2D eigenvalue weighted by Crippen LogP contribution is -2.26. The molecule has 2 N–H and O–H groups in total. The minimum atomic E-state index is -0.979. The highest BCUT2D eigenvalue weighted by Crippen LogP contribution is 2.37. The maximum absolute atomic E-state index is 11.6. The van der Waals surface area contributed by atoms with Gasteiger partial charge >= 0.3 is 5.97 Å². The van der Waals surface area contributed by atoms with E-state index in [1.165, 1.54) is 6.07 Å². The molecule has 0 bridgehead atoms. The number of hydrogen-bond acceptors (Lipinski definition) is 2. The Balaban J connectivity index is 2.59. The molecule has 1 aliphatic heterocycles. The van der Waals surface area contributed by atoms with Crippen LogP contribution in [-0.2, 0) is 10.2 Å². The van der Waals surface area contributed by atoms with Crippen molar-refractivity contribution in [3.05, 3.63) is 29.3 Å². The molecule has 0 saturated heterocycles. The van der Waals surface area contributed by atoms with Gasteiger partial charge in [0.05, 0.1) is 11.0 Å². The first-order valence-electron chi connectivity index (χ1n) is 4.62. The van der Waals surface area contributed by atoms with Crippen LogP contribution in [0.15, 0.2) is 18.2 Å². The number of benzene rings is 1. The summed E-state index contributed by atoms with van der Waals surface area (Å²) in [6, 6.07) is 4.67. The maximum atomic E-state index is 11.6. The van der Waals surface area contributed by atoms with E-state index >= 15 is 0 Å². The first-order valence-corrected chi connectivity index (χ1v) is 4.62. The van der Waals surface area contributed by atoms with Gasteiger partial charge in [-0.1, -0.05) is 0 Å². The highest BCUT2D eigenvalue weighted by Gasteiger charge is 2.38. The number of aromatic carboxylic acids is 1. The minimum Gasteiger partial charge on any atom is -0.478 e. The first kappa shape index (κ1) is 9.71. The fraction of sp³-hybridized carbons (Fsp3) is 0.273. The van der Waals surface area contributed by atoms with Crippen molar-refractivity contribution >= 4 is 17.6 Å². The first-order chi connectivity index (χ1) is 6.93. The summed E-state index contributed by atoms with van der Waals surface area (Å²) in [4.78, 5) is 22.4. The van der Waals surface area contributed by atoms with Crippen LogP contribution >= 0.6 is 0 Å². The van der Waals surface area contributed by atoms with Crippen LogP contribution in [0.4, 0.5) is 5.69 Å². The van der Waals surface area contributed by atoms with E-state index in [1.54, 1.807) is 26.0 Å². The number of hydrogen-bond donors (Lipinski definition) is 2. The van der Waals surface area contributed by atoms with Crippen LogP contribution < -0.4 is 5.32 Å². The van der Waals surface area contributed by atoms with Crippen LogP contribution in [-0.4, -0.2) is 17.0 Å². The molecule has 0 atom stereocenters. The molecule has 1 aromatic carbocycles. The second kappa shape index (κ2) is 2.82. The van der Waals surface area contributed by atoms with Crippen LogP contribution in [0.25, 0.3) is 0 Å². The Bertz CT molecular complexity index is 463. The minimum absolute atomic E-state index is 0.0972. The molecular formula is C11H11NO3. The van der Waals surface area contributed by atoms with Gasteiger partial charge in [-0.2, -0.15) is 0 Å². The average Bonchev–Trinajstić information content (AvgIpc) is 2.38. The fourth-order valence-corrected chi connectivity index (χ4v) is 1.70. The highest BCUT2D eigenvalue weighted by atomic mass is 16.4. The van der Waals surface area contributed by atoms with Crippen LogP contribution in [0.2, 0.25) is 0 Å². The summed E-state index contributed by atoms with van der Waals surface area (Å²) < 4.78 is 0. The van der Waals surface area contributed by atoms with Crippen molar-refractivity contribution in [3.63, 3.8) is 0 Å². The number of carbonyl (C=O) groups is 2. The average molecular weight is 205 g/mol. The summed E-state index contributed by atoms with van der Waals surface area (Å²) in [5, 5.41) is 11.6. The number of nitrogens with one attached hydrogen (secondary N) is 1. The van der Waals surface area contributed by atoms with Crippen LogP contribution in [0.3, 0.4) is 0 Å². The van der Waals surface area contributed by atoms with E-state index < -0.39 is 11.4 Å². The van der Waals surface area contributed by atoms with Gasteiger partial charge < -0.3 is 10.4 Å². The zero-order valence-electron chi connectivity index (χ0n) is 8.50. The lowest BCUT2D eigenvalue weighted by Gasteiger charge is -2.14. The third-order valence-corrected chi connectivity index (χ3v) is 2.76. The summed E-state index contributed by atoms with van der Waals surface area (Å²) in [5.74, 6) is -1.08. The molecule has 1 amide bonds. The lowest BCUT2D eigenvalue weighted by atomic mass is 9.85. The summed E-state index contributed by atoms with van der Waals surface area (Å²) in [6.07, 6.45) is 0. The zero-order valence-corrected chi connectivity index (χ0v) is 8.50. The smallest absolute Gasteiger partial charge is 0.335 e. The highest BCUT2D eigenvalue weighted by molar-refractivity contribution is 6.06. The number of amides is 1. The Morgan fingerprint density at radius 1 is 1.40 bits per heavy atom. The lowest BCUT2D eigenvalue weighted by molar-refractivity contribution is -0.119. The van der Waals surface area contributed by atoms with Gasteiger partial charge in [-0.3, -0.25) is 4.79 Å². The van der Waals surface area contributed by atoms with Crippen LogP contribution in [0.5, 0.6) is 0 Å². The van der Waals surface area contributed by atoms with Crippen LogP contribution in [0, 0.1) is 0 Å². The standard InChI is InChI=1S/C11H11NO3/c1-11(2)7-5-6(9(13)14)3-4-8(7)12-10(11)15/h3-5H,1-2H3,(H,12,15)(H,13,14). The molecular weight excluding hydrogens is 194 g/mol. The molecule has 4 nitrogen and oxygen atoms in total. The molecule has 0 aromatic heterocycles. The summed E-state index contributed by atoms with van der Waals surface area (Å²) >= 11 is 0. The molecule has 1 heterocycles. The molecule has 1 aromatic rings. The van der Waals surface area contributed by atoms with Gasteiger partial charge in [-0.15, -0.1) is 0 Å². The number of carboxylic acids is 1. The van der Waals surface area contributed by atoms with Crippen molar-refractivity contribution in [1.82, 2.24) is 0 Å². The summed E-state index contributed by atoms with van der Waals surface area (Å²) in [7, 11) is 0. The van der Waals surface area contributed by atoms with Crippen molar-refractivity contribution in [2.45, 2.75) is 19.3 Å². The van der Waals surface area contributed by atoms with E-state index in [-0.39, 0.29) is 11.5 Å². The molecule has 1 aliphatic rings. The van der Waals surface area contributed by atoms with Gasteiger partial charge in [0.25, 0.3) is 0 Å². The molecule has 78 valence electrons. The maximum Gasteiger partial charge on any atom is 0.335 e. The van der Waals surface area contributed by atoms with Crippen molar-refractivity contribution in [2.75, 3.05) is 5.32 Å². The second-order valence-electron chi connectivity index (χ2n) is 4.14. The Kier molecular flexibility index (Phi) is 1.83. The van der Waals surface area contributed by atoms with Crippen molar-refractivity contribution in [3.8, 4) is 0 Å². The van der Waals surface area contributed by atoms with Gasteiger partial charge in [0.2, 0.25) is 5.91 Å². The third kappa shape index (κ3) is 1.29. The fourth-order valence-electron chi connectivity index (χ4n) is 1.70. The van der Waals surface area contributed by atoms with Gasteiger partial charge in [0.15, 0.2) is 0 Å². The molecule has 0 fully saturated rings. The Hall–Kier alpha value is -1.84. The summed E-state index contributed by atoms with van der Waals surface area (Å²) in [5.41, 5.74) is 1.00. The number of anilines is 1. The van der Waals surface area contributed by atoms with Crippen molar-refractivity contribution in [1.29, 1.82) is 0 Å². The molecule has 4 heteroatoms. The largest absolute Gasteiger partial charge is 0.478 e. The molecule has 15 heavy (non-hydrogen) atoms. The SMILES string of the molecule is CC1(C)C(=O)Nc2ccc(C(=O)O)cc21. The predicted molar refractivity (Wildman–Crippen MR) is 55.1 cm³/mol. The normalized spacial score (nSPS) is 17.1.